The first-order chi connectivity index (χ1) is 11.8. The van der Waals surface area contributed by atoms with Crippen LogP contribution in [0.3, 0.4) is 0 Å². The van der Waals surface area contributed by atoms with Crippen molar-refractivity contribution in [2.75, 3.05) is 0 Å². The molecule has 0 unspecified atom stereocenters. The lowest BCUT2D eigenvalue weighted by Crippen LogP contribution is -2.15. The number of ether oxygens (including phenoxy) is 2. The van der Waals surface area contributed by atoms with Crippen LogP contribution in [0, 0.1) is 0 Å². The molecule has 1 fully saturated rings. The zero-order chi connectivity index (χ0) is 18.3. The van der Waals surface area contributed by atoms with Gasteiger partial charge in [-0.15, -0.1) is 0 Å². The lowest BCUT2D eigenvalue weighted by atomic mass is 9.89. The van der Waals surface area contributed by atoms with Crippen molar-refractivity contribution in [1.82, 2.24) is 0 Å². The second-order valence-corrected chi connectivity index (χ2v) is 6.50. The second kappa shape index (κ2) is 6.46. The van der Waals surface area contributed by atoms with Gasteiger partial charge in [0.05, 0.1) is 17.2 Å². The zero-order valence-corrected chi connectivity index (χ0v) is 14.3. The molecule has 0 radical (unpaired) electrons. The number of carbonyl (C=O) groups excluding carboxylic acids is 2. The van der Waals surface area contributed by atoms with Gasteiger partial charge in [0.25, 0.3) is 0 Å². The summed E-state index contributed by atoms with van der Waals surface area (Å²) < 4.78 is 11.1. The van der Waals surface area contributed by atoms with Gasteiger partial charge in [-0.1, -0.05) is 11.6 Å². The Labute approximate surface area is 145 Å². The number of fused-ring (bicyclic) bond motifs is 1. The number of phenols is 2. The molecule has 132 valence electrons. The predicted molar refractivity (Wildman–Crippen MR) is 89.8 cm³/mol. The Balaban J connectivity index is 2.06. The molecule has 0 spiro atoms. The van der Waals surface area contributed by atoms with Gasteiger partial charge in [0, 0.05) is 5.56 Å². The van der Waals surface area contributed by atoms with E-state index in [9.17, 15) is 19.8 Å². The maximum absolute atomic E-state index is 12.1. The van der Waals surface area contributed by atoms with Crippen molar-refractivity contribution in [3.8, 4) is 11.5 Å². The highest BCUT2D eigenvalue weighted by atomic mass is 16.8. The summed E-state index contributed by atoms with van der Waals surface area (Å²) in [5, 5.41) is 20.9. The Morgan fingerprint density at radius 1 is 1.24 bits per heavy atom. The quantitative estimate of drug-likeness (QED) is 0.484. The molecule has 1 saturated heterocycles. The number of carbonyl (C=O) groups is 2. The number of phenolic OH excluding ortho intramolecular Hbond substituents is 2. The molecule has 1 heterocycles. The minimum absolute atomic E-state index is 0.0475. The number of hydrogen-bond donors (Lipinski definition) is 2. The third-order valence-electron chi connectivity index (χ3n) is 4.23. The maximum atomic E-state index is 12.1. The van der Waals surface area contributed by atoms with E-state index in [-0.39, 0.29) is 34.3 Å². The fraction of sp³-hybridized carbons (Fsp3) is 0.368. The zero-order valence-electron chi connectivity index (χ0n) is 14.3. The van der Waals surface area contributed by atoms with E-state index in [2.05, 4.69) is 0 Å². The standard InChI is InChI=1S/C19H20O6/c1-9(2)4-7-15(25-19-10(3)24-19)11-8-14(22)16-12(20)5-6-13(21)17(16)18(11)23/h4-6,8,10,15,19,22-23H,7H2,1-3H3/t10-,15+,19-/m1/s1. The SMILES string of the molecule is CC(C)=CC[C@H](O[C@H]1O[C@@H]1C)c1cc(O)c2c(c1O)C(=O)C=CC2=O. The van der Waals surface area contributed by atoms with Crippen molar-refractivity contribution in [2.24, 2.45) is 0 Å². The van der Waals surface area contributed by atoms with Crippen LogP contribution in [0.4, 0.5) is 0 Å². The highest BCUT2D eigenvalue weighted by molar-refractivity contribution is 6.24. The van der Waals surface area contributed by atoms with E-state index in [1.807, 2.05) is 26.8 Å². The van der Waals surface area contributed by atoms with Crippen LogP contribution < -0.4 is 0 Å². The van der Waals surface area contributed by atoms with Gasteiger partial charge >= 0.3 is 0 Å². The molecule has 25 heavy (non-hydrogen) atoms. The number of rotatable bonds is 5. The molecule has 1 aromatic rings. The number of aromatic hydroxyl groups is 2. The molecule has 1 aliphatic carbocycles. The van der Waals surface area contributed by atoms with Gasteiger partial charge in [0.2, 0.25) is 0 Å². The van der Waals surface area contributed by atoms with E-state index in [4.69, 9.17) is 9.47 Å². The summed E-state index contributed by atoms with van der Waals surface area (Å²) in [5.74, 6) is -1.73. The minimum atomic E-state index is -0.616. The molecule has 0 saturated carbocycles. The molecular weight excluding hydrogens is 324 g/mol. The summed E-state index contributed by atoms with van der Waals surface area (Å²) in [6.07, 6.45) is 3.47. The van der Waals surface area contributed by atoms with Gasteiger partial charge in [-0.2, -0.15) is 0 Å². The van der Waals surface area contributed by atoms with Crippen LogP contribution in [0.25, 0.3) is 0 Å². The predicted octanol–water partition coefficient (Wildman–Crippen LogP) is 3.19. The Kier molecular flexibility index (Phi) is 4.49. The minimum Gasteiger partial charge on any atom is -0.507 e. The molecule has 3 atom stereocenters. The normalized spacial score (nSPS) is 22.5. The Bertz CT molecular complexity index is 801. The first-order valence-corrected chi connectivity index (χ1v) is 8.09. The summed E-state index contributed by atoms with van der Waals surface area (Å²) >= 11 is 0. The Morgan fingerprint density at radius 2 is 1.84 bits per heavy atom. The average Bonchev–Trinajstić information content (AvgIpc) is 3.24. The summed E-state index contributed by atoms with van der Waals surface area (Å²) in [4.78, 5) is 24.1. The van der Waals surface area contributed by atoms with Gasteiger partial charge < -0.3 is 19.7 Å². The first kappa shape index (κ1) is 17.4. The molecule has 0 amide bonds. The van der Waals surface area contributed by atoms with Crippen molar-refractivity contribution in [1.29, 1.82) is 0 Å². The van der Waals surface area contributed by atoms with Crippen LogP contribution in [0.5, 0.6) is 11.5 Å². The van der Waals surface area contributed by atoms with E-state index >= 15 is 0 Å². The van der Waals surface area contributed by atoms with Crippen molar-refractivity contribution in [3.63, 3.8) is 0 Å². The van der Waals surface area contributed by atoms with Crippen molar-refractivity contribution < 1.29 is 29.3 Å². The summed E-state index contributed by atoms with van der Waals surface area (Å²) in [6, 6.07) is 1.29. The van der Waals surface area contributed by atoms with Crippen LogP contribution in [-0.4, -0.2) is 34.2 Å². The van der Waals surface area contributed by atoms with Crippen molar-refractivity contribution >= 4 is 11.6 Å². The lowest BCUT2D eigenvalue weighted by Gasteiger charge is -2.21. The lowest BCUT2D eigenvalue weighted by molar-refractivity contribution is -0.0123. The molecule has 0 aromatic heterocycles. The van der Waals surface area contributed by atoms with Crippen LogP contribution >= 0.6 is 0 Å². The number of hydrogen-bond acceptors (Lipinski definition) is 6. The summed E-state index contributed by atoms with van der Waals surface area (Å²) in [5.41, 5.74) is 0.964. The third kappa shape index (κ3) is 3.36. The van der Waals surface area contributed by atoms with Gasteiger partial charge in [0.15, 0.2) is 17.9 Å². The van der Waals surface area contributed by atoms with Crippen molar-refractivity contribution in [2.45, 2.75) is 45.7 Å². The topological polar surface area (TPSA) is 96.4 Å². The number of ketones is 2. The molecule has 6 heteroatoms. The molecule has 3 rings (SSSR count). The molecule has 0 bridgehead atoms. The van der Waals surface area contributed by atoms with E-state index in [1.54, 1.807) is 0 Å². The van der Waals surface area contributed by atoms with Gasteiger partial charge in [-0.3, -0.25) is 9.59 Å². The van der Waals surface area contributed by atoms with Crippen LogP contribution in [-0.2, 0) is 9.47 Å². The average molecular weight is 344 g/mol. The Hall–Kier alpha value is -2.44. The molecule has 6 nitrogen and oxygen atoms in total. The summed E-state index contributed by atoms with van der Waals surface area (Å²) in [7, 11) is 0. The maximum Gasteiger partial charge on any atom is 0.190 e. The monoisotopic (exact) mass is 344 g/mol. The van der Waals surface area contributed by atoms with E-state index in [0.29, 0.717) is 6.42 Å². The Morgan fingerprint density at radius 3 is 2.40 bits per heavy atom. The fourth-order valence-electron chi connectivity index (χ4n) is 2.80. The molecule has 2 aliphatic rings. The van der Waals surface area contributed by atoms with Crippen LogP contribution in [0.2, 0.25) is 0 Å². The number of allylic oxidation sites excluding steroid dienone is 3. The highest BCUT2D eigenvalue weighted by Gasteiger charge is 2.39. The van der Waals surface area contributed by atoms with Gasteiger partial charge in [0.1, 0.15) is 17.6 Å². The fourth-order valence-corrected chi connectivity index (χ4v) is 2.80. The number of benzene rings is 1. The molecule has 1 aromatic carbocycles. The molecule has 2 N–H and O–H groups in total. The summed E-state index contributed by atoms with van der Waals surface area (Å²) in [6.45, 7) is 5.73. The molecule has 1 aliphatic heterocycles. The highest BCUT2D eigenvalue weighted by Crippen LogP contribution is 2.42. The smallest absolute Gasteiger partial charge is 0.190 e. The van der Waals surface area contributed by atoms with Gasteiger partial charge in [-0.25, -0.2) is 0 Å². The van der Waals surface area contributed by atoms with E-state index in [1.165, 1.54) is 6.07 Å². The second-order valence-electron chi connectivity index (χ2n) is 6.50. The van der Waals surface area contributed by atoms with Crippen LogP contribution in [0.15, 0.2) is 29.9 Å². The first-order valence-electron chi connectivity index (χ1n) is 8.09. The third-order valence-corrected chi connectivity index (χ3v) is 4.23. The largest absolute Gasteiger partial charge is 0.507 e. The van der Waals surface area contributed by atoms with Crippen LogP contribution in [0.1, 0.15) is 59.6 Å². The number of epoxide rings is 1. The van der Waals surface area contributed by atoms with Crippen molar-refractivity contribution in [3.05, 3.63) is 46.6 Å². The molecular formula is C19H20O6. The van der Waals surface area contributed by atoms with Gasteiger partial charge in [-0.05, 0) is 45.4 Å². The van der Waals surface area contributed by atoms with E-state index < -0.39 is 24.0 Å². The van der Waals surface area contributed by atoms with E-state index in [0.717, 1.165) is 17.7 Å².